The van der Waals surface area contributed by atoms with Crippen LogP contribution in [-0.4, -0.2) is 101 Å². The first-order valence-corrected chi connectivity index (χ1v) is 16.7. The lowest BCUT2D eigenvalue weighted by Gasteiger charge is -2.36. The number of anilines is 3. The second kappa shape index (κ2) is 15.0. The molecule has 14 nitrogen and oxygen atoms in total. The van der Waals surface area contributed by atoms with Gasteiger partial charge in [-0.05, 0) is 36.8 Å². The molecule has 0 aliphatic carbocycles. The maximum Gasteiger partial charge on any atom is 0.416 e. The third-order valence-electron chi connectivity index (χ3n) is 8.70. The van der Waals surface area contributed by atoms with E-state index in [4.69, 9.17) is 16.3 Å². The average molecular weight is 730 g/mol. The Balaban J connectivity index is 1.26. The fraction of sp³-hybridized carbons (Fsp3) is 0.394. The van der Waals surface area contributed by atoms with Crippen LogP contribution in [0.25, 0.3) is 5.78 Å². The standard InChI is InChI=1S/C33H35ClF3N9O5/c1-2-25-28(43-12-10-42(11-13-43)27(48)19-38-29(49)21-6-4-3-5-7-21)30(50)46-32(40-31(41-46)44-14-16-51-17-15-44)45(25)20-26(47)39-24-9-8-22(18-23(24)34)33(35,36)37/h3-9,18H,2,10-17,19-20H2,1H3,(H,38,49)(H,39,47). The molecule has 2 aliphatic heterocycles. The molecule has 0 atom stereocenters. The zero-order valence-electron chi connectivity index (χ0n) is 27.6. The Hall–Kier alpha value is -5.16. The molecule has 6 rings (SSSR count). The van der Waals surface area contributed by atoms with Crippen molar-refractivity contribution in [1.82, 2.24) is 29.4 Å². The molecule has 3 amide bonds. The highest BCUT2D eigenvalue weighted by molar-refractivity contribution is 6.33. The van der Waals surface area contributed by atoms with Crippen LogP contribution < -0.4 is 26.0 Å². The van der Waals surface area contributed by atoms with E-state index in [9.17, 15) is 32.3 Å². The number of hydrogen-bond acceptors (Lipinski definition) is 9. The molecule has 270 valence electrons. The van der Waals surface area contributed by atoms with Crippen molar-refractivity contribution < 1.29 is 32.3 Å². The summed E-state index contributed by atoms with van der Waals surface area (Å²) in [5.74, 6) is -0.863. The van der Waals surface area contributed by atoms with Crippen LogP contribution in [0.1, 0.15) is 28.5 Å². The number of carbonyl (C=O) groups excluding carboxylic acids is 3. The Morgan fingerprint density at radius 3 is 2.31 bits per heavy atom. The van der Waals surface area contributed by atoms with Gasteiger partial charge in [-0.3, -0.25) is 19.2 Å². The molecule has 2 fully saturated rings. The van der Waals surface area contributed by atoms with Crippen molar-refractivity contribution in [3.63, 3.8) is 0 Å². The molecule has 2 aliphatic rings. The number of benzene rings is 2. The molecule has 0 spiro atoms. The smallest absolute Gasteiger partial charge is 0.378 e. The topological polar surface area (TPSA) is 146 Å². The molecule has 0 saturated carbocycles. The van der Waals surface area contributed by atoms with Crippen LogP contribution in [0.4, 0.5) is 30.5 Å². The van der Waals surface area contributed by atoms with Gasteiger partial charge in [-0.25, -0.2) is 0 Å². The number of carbonyl (C=O) groups is 3. The van der Waals surface area contributed by atoms with Crippen LogP contribution in [0.3, 0.4) is 0 Å². The number of rotatable bonds is 9. The molecule has 0 bridgehead atoms. The van der Waals surface area contributed by atoms with Crippen LogP contribution in [0.15, 0.2) is 53.3 Å². The van der Waals surface area contributed by atoms with Crippen molar-refractivity contribution in [3.05, 3.63) is 80.7 Å². The van der Waals surface area contributed by atoms with E-state index >= 15 is 0 Å². The van der Waals surface area contributed by atoms with Gasteiger partial charge >= 0.3 is 6.18 Å². The molecular weight excluding hydrogens is 695 g/mol. The monoisotopic (exact) mass is 729 g/mol. The number of halogens is 4. The van der Waals surface area contributed by atoms with Gasteiger partial charge < -0.3 is 34.6 Å². The van der Waals surface area contributed by atoms with Gasteiger partial charge in [0.2, 0.25) is 23.5 Å². The van der Waals surface area contributed by atoms with Gasteiger partial charge in [-0.1, -0.05) is 36.7 Å². The van der Waals surface area contributed by atoms with Crippen molar-refractivity contribution in [2.24, 2.45) is 0 Å². The lowest BCUT2D eigenvalue weighted by Crippen LogP contribution is -2.52. The molecule has 4 aromatic rings. The number of alkyl halides is 3. The predicted octanol–water partition coefficient (Wildman–Crippen LogP) is 2.68. The summed E-state index contributed by atoms with van der Waals surface area (Å²) in [7, 11) is 0. The van der Waals surface area contributed by atoms with Crippen LogP contribution in [0, 0.1) is 0 Å². The number of nitrogens with one attached hydrogen (secondary N) is 2. The summed E-state index contributed by atoms with van der Waals surface area (Å²) >= 11 is 6.11. The van der Waals surface area contributed by atoms with E-state index in [2.05, 4.69) is 20.7 Å². The van der Waals surface area contributed by atoms with Crippen LogP contribution in [0.5, 0.6) is 0 Å². The summed E-state index contributed by atoms with van der Waals surface area (Å²) < 4.78 is 47.7. The van der Waals surface area contributed by atoms with Crippen molar-refractivity contribution in [3.8, 4) is 0 Å². The third kappa shape index (κ3) is 7.78. The molecule has 0 unspecified atom stereocenters. The first-order valence-electron chi connectivity index (χ1n) is 16.3. The van der Waals surface area contributed by atoms with E-state index in [0.717, 1.165) is 22.7 Å². The summed E-state index contributed by atoms with van der Waals surface area (Å²) in [4.78, 5) is 63.0. The van der Waals surface area contributed by atoms with Crippen molar-refractivity contribution in [1.29, 1.82) is 0 Å². The van der Waals surface area contributed by atoms with E-state index in [-0.39, 0.29) is 79.2 Å². The fourth-order valence-electron chi connectivity index (χ4n) is 6.08. The summed E-state index contributed by atoms with van der Waals surface area (Å²) in [6.45, 7) is 4.25. The number of ether oxygens (including phenoxy) is 1. The second-order valence-electron chi connectivity index (χ2n) is 11.9. The highest BCUT2D eigenvalue weighted by Crippen LogP contribution is 2.34. The van der Waals surface area contributed by atoms with E-state index in [1.54, 1.807) is 39.8 Å². The first kappa shape index (κ1) is 35.7. The van der Waals surface area contributed by atoms with Crippen LogP contribution in [0.2, 0.25) is 5.02 Å². The SMILES string of the molecule is CCc1c(N2CCN(C(=O)CNC(=O)c3ccccc3)CC2)c(=O)n2nc(N3CCOCC3)nc2n1CC(=O)Nc1ccc(C(F)(F)F)cc1Cl. The van der Waals surface area contributed by atoms with Gasteiger partial charge in [0.25, 0.3) is 11.5 Å². The maximum atomic E-state index is 14.1. The van der Waals surface area contributed by atoms with Crippen molar-refractivity contribution >= 4 is 52.4 Å². The molecule has 2 saturated heterocycles. The van der Waals surface area contributed by atoms with Crippen molar-refractivity contribution in [2.45, 2.75) is 26.1 Å². The Morgan fingerprint density at radius 2 is 1.67 bits per heavy atom. The zero-order chi connectivity index (χ0) is 36.3. The van der Waals surface area contributed by atoms with Gasteiger partial charge in [-0.15, -0.1) is 5.10 Å². The van der Waals surface area contributed by atoms with Crippen LogP contribution in [-0.2, 0) is 33.5 Å². The summed E-state index contributed by atoms with van der Waals surface area (Å²) in [5, 5.41) is 9.46. The predicted molar refractivity (Wildman–Crippen MR) is 182 cm³/mol. The highest BCUT2D eigenvalue weighted by Gasteiger charge is 2.32. The van der Waals surface area contributed by atoms with Gasteiger partial charge in [0.15, 0.2) is 0 Å². The number of piperazine rings is 1. The van der Waals surface area contributed by atoms with Crippen molar-refractivity contribution in [2.75, 3.05) is 74.1 Å². The van der Waals surface area contributed by atoms with E-state index < -0.39 is 23.2 Å². The fourth-order valence-corrected chi connectivity index (χ4v) is 6.31. The van der Waals surface area contributed by atoms with Gasteiger partial charge in [0.05, 0.1) is 41.7 Å². The Kier molecular flexibility index (Phi) is 10.5. The molecule has 18 heteroatoms. The number of fused-ring (bicyclic) bond motifs is 1. The summed E-state index contributed by atoms with van der Waals surface area (Å²) in [5.41, 5.74) is -0.212. The zero-order valence-corrected chi connectivity index (χ0v) is 28.3. The lowest BCUT2D eigenvalue weighted by atomic mass is 10.2. The van der Waals surface area contributed by atoms with Gasteiger partial charge in [-0.2, -0.15) is 22.7 Å². The highest BCUT2D eigenvalue weighted by atomic mass is 35.5. The summed E-state index contributed by atoms with van der Waals surface area (Å²) in [6, 6.07) is 11.2. The molecule has 2 N–H and O–H groups in total. The second-order valence-corrected chi connectivity index (χ2v) is 12.3. The number of amides is 3. The third-order valence-corrected chi connectivity index (χ3v) is 9.01. The first-order chi connectivity index (χ1) is 24.4. The lowest BCUT2D eigenvalue weighted by molar-refractivity contribution is -0.137. The Bertz CT molecular complexity index is 1990. The Morgan fingerprint density at radius 1 is 0.961 bits per heavy atom. The van der Waals surface area contributed by atoms with E-state index in [1.165, 1.54) is 0 Å². The normalized spacial score (nSPS) is 15.3. The van der Waals surface area contributed by atoms with Crippen LogP contribution >= 0.6 is 11.6 Å². The minimum atomic E-state index is -4.61. The van der Waals surface area contributed by atoms with Gasteiger partial charge in [0, 0.05) is 44.8 Å². The van der Waals surface area contributed by atoms with E-state index in [0.29, 0.717) is 44.0 Å². The Labute approximate surface area is 294 Å². The number of aromatic nitrogens is 4. The molecule has 4 heterocycles. The summed E-state index contributed by atoms with van der Waals surface area (Å²) in [6.07, 6.45) is -4.30. The molecule has 51 heavy (non-hydrogen) atoms. The molecule has 2 aromatic carbocycles. The molecule has 2 aromatic heterocycles. The van der Waals surface area contributed by atoms with E-state index in [1.807, 2.05) is 16.7 Å². The number of hydrogen-bond donors (Lipinski definition) is 2. The largest absolute Gasteiger partial charge is 0.416 e. The molecular formula is C33H35ClF3N9O5. The quantitative estimate of drug-likeness (QED) is 0.266. The number of nitrogens with zero attached hydrogens (tertiary/aromatic N) is 7. The minimum absolute atomic E-state index is 0.0128. The minimum Gasteiger partial charge on any atom is -0.378 e. The average Bonchev–Trinajstić information content (AvgIpc) is 3.59. The number of morpholine rings is 1. The van der Waals surface area contributed by atoms with Gasteiger partial charge in [0.1, 0.15) is 12.2 Å². The molecule has 0 radical (unpaired) electrons. The maximum absolute atomic E-state index is 14.1.